The van der Waals surface area contributed by atoms with Gasteiger partial charge in [-0.15, -0.1) is 0 Å². The summed E-state index contributed by atoms with van der Waals surface area (Å²) in [5, 5.41) is 0.674. The minimum absolute atomic E-state index is 0.532. The third-order valence-corrected chi connectivity index (χ3v) is 3.08. The van der Waals surface area contributed by atoms with Crippen molar-refractivity contribution < 1.29 is 4.74 Å². The Bertz CT molecular complexity index is 331. The van der Waals surface area contributed by atoms with Gasteiger partial charge in [0.2, 0.25) is 0 Å². The van der Waals surface area contributed by atoms with E-state index in [1.807, 2.05) is 24.3 Å². The molecule has 0 amide bonds. The Morgan fingerprint density at radius 3 is 2.24 bits per heavy atom. The highest BCUT2D eigenvalue weighted by molar-refractivity contribution is 6.32. The molecule has 96 valence electrons. The van der Waals surface area contributed by atoms with Crippen molar-refractivity contribution >= 4 is 11.6 Å². The molecule has 0 aliphatic heterocycles. The standard InChI is InChI=1S/C14H22ClNO/c1-11(2)16(12(3)4)9-10-17-14-8-6-5-7-13(14)15/h5-8,11-12H,9-10H2,1-4H3. The normalized spacial score (nSPS) is 11.5. The lowest BCUT2D eigenvalue weighted by Gasteiger charge is -2.30. The summed E-state index contributed by atoms with van der Waals surface area (Å²) < 4.78 is 5.69. The monoisotopic (exact) mass is 255 g/mol. The van der Waals surface area contributed by atoms with Gasteiger partial charge in [-0.1, -0.05) is 23.7 Å². The molecule has 2 nitrogen and oxygen atoms in total. The SMILES string of the molecule is CC(C)N(CCOc1ccccc1Cl)C(C)C. The van der Waals surface area contributed by atoms with Gasteiger partial charge >= 0.3 is 0 Å². The van der Waals surface area contributed by atoms with E-state index in [9.17, 15) is 0 Å². The number of rotatable bonds is 6. The number of halogens is 1. The van der Waals surface area contributed by atoms with Crippen molar-refractivity contribution in [2.75, 3.05) is 13.2 Å². The quantitative estimate of drug-likeness (QED) is 0.766. The smallest absolute Gasteiger partial charge is 0.137 e. The summed E-state index contributed by atoms with van der Waals surface area (Å²) in [4.78, 5) is 2.40. The second-order valence-electron chi connectivity index (χ2n) is 4.70. The van der Waals surface area contributed by atoms with Crippen LogP contribution in [0.4, 0.5) is 0 Å². The largest absolute Gasteiger partial charge is 0.491 e. The molecule has 0 aromatic heterocycles. The first-order valence-electron chi connectivity index (χ1n) is 6.15. The lowest BCUT2D eigenvalue weighted by atomic mass is 10.2. The topological polar surface area (TPSA) is 12.5 Å². The van der Waals surface area contributed by atoms with Crippen LogP contribution in [0.25, 0.3) is 0 Å². The second kappa shape index (κ2) is 6.87. The first kappa shape index (κ1) is 14.3. The third kappa shape index (κ3) is 4.57. The predicted molar refractivity (Wildman–Crippen MR) is 73.9 cm³/mol. The fourth-order valence-corrected chi connectivity index (χ4v) is 2.13. The number of hydrogen-bond donors (Lipinski definition) is 0. The Hall–Kier alpha value is -0.730. The van der Waals surface area contributed by atoms with Crippen LogP contribution in [0.5, 0.6) is 5.75 Å². The molecule has 1 rings (SSSR count). The molecule has 0 N–H and O–H groups in total. The maximum Gasteiger partial charge on any atom is 0.137 e. The lowest BCUT2D eigenvalue weighted by Crippen LogP contribution is -2.39. The molecule has 0 bridgehead atoms. The van der Waals surface area contributed by atoms with Gasteiger partial charge in [0.1, 0.15) is 12.4 Å². The summed E-state index contributed by atoms with van der Waals surface area (Å²) in [7, 11) is 0. The van der Waals surface area contributed by atoms with Gasteiger partial charge in [0.05, 0.1) is 5.02 Å². The van der Waals surface area contributed by atoms with Crippen LogP contribution in [0.15, 0.2) is 24.3 Å². The molecule has 0 atom stereocenters. The maximum absolute atomic E-state index is 6.03. The molecule has 0 unspecified atom stereocenters. The number of ether oxygens (including phenoxy) is 1. The van der Waals surface area contributed by atoms with E-state index in [2.05, 4.69) is 32.6 Å². The van der Waals surface area contributed by atoms with Crippen LogP contribution in [0.3, 0.4) is 0 Å². The van der Waals surface area contributed by atoms with E-state index in [-0.39, 0.29) is 0 Å². The molecular weight excluding hydrogens is 234 g/mol. The summed E-state index contributed by atoms with van der Waals surface area (Å²) in [5.41, 5.74) is 0. The number of nitrogens with zero attached hydrogens (tertiary/aromatic N) is 1. The van der Waals surface area contributed by atoms with Gasteiger partial charge in [-0.05, 0) is 39.8 Å². The fraction of sp³-hybridized carbons (Fsp3) is 0.571. The summed E-state index contributed by atoms with van der Waals surface area (Å²) in [6, 6.07) is 8.65. The van der Waals surface area contributed by atoms with E-state index in [4.69, 9.17) is 16.3 Å². The summed E-state index contributed by atoms with van der Waals surface area (Å²) >= 11 is 6.03. The summed E-state index contributed by atoms with van der Waals surface area (Å²) in [6.07, 6.45) is 0. The second-order valence-corrected chi connectivity index (χ2v) is 5.11. The summed E-state index contributed by atoms with van der Waals surface area (Å²) in [6.45, 7) is 10.4. The van der Waals surface area contributed by atoms with Crippen LogP contribution < -0.4 is 4.74 Å². The van der Waals surface area contributed by atoms with Crippen LogP contribution in [0.2, 0.25) is 5.02 Å². The van der Waals surface area contributed by atoms with Gasteiger partial charge in [0.15, 0.2) is 0 Å². The van der Waals surface area contributed by atoms with Crippen molar-refractivity contribution in [3.05, 3.63) is 29.3 Å². The minimum Gasteiger partial charge on any atom is -0.491 e. The van der Waals surface area contributed by atoms with Crippen LogP contribution in [0.1, 0.15) is 27.7 Å². The molecule has 1 aromatic carbocycles. The predicted octanol–water partition coefficient (Wildman–Crippen LogP) is 3.84. The third-order valence-electron chi connectivity index (χ3n) is 2.77. The molecule has 0 spiro atoms. The van der Waals surface area contributed by atoms with Crippen molar-refractivity contribution in [1.82, 2.24) is 4.90 Å². The lowest BCUT2D eigenvalue weighted by molar-refractivity contribution is 0.142. The Kier molecular flexibility index (Phi) is 5.79. The van der Waals surface area contributed by atoms with E-state index in [0.717, 1.165) is 12.3 Å². The van der Waals surface area contributed by atoms with Gasteiger partial charge in [0.25, 0.3) is 0 Å². The van der Waals surface area contributed by atoms with Crippen LogP contribution >= 0.6 is 11.6 Å². The highest BCUT2D eigenvalue weighted by atomic mass is 35.5. The molecule has 0 aliphatic carbocycles. The van der Waals surface area contributed by atoms with Crippen molar-refractivity contribution in [1.29, 1.82) is 0 Å². The molecule has 0 radical (unpaired) electrons. The molecule has 0 heterocycles. The van der Waals surface area contributed by atoms with Crippen LogP contribution in [0, 0.1) is 0 Å². The van der Waals surface area contributed by atoms with Gasteiger partial charge in [0, 0.05) is 18.6 Å². The number of benzene rings is 1. The fourth-order valence-electron chi connectivity index (χ4n) is 1.94. The first-order valence-corrected chi connectivity index (χ1v) is 6.53. The Morgan fingerprint density at radius 2 is 1.71 bits per heavy atom. The van der Waals surface area contributed by atoms with Crippen molar-refractivity contribution in [3.63, 3.8) is 0 Å². The molecule has 0 fully saturated rings. The number of hydrogen-bond acceptors (Lipinski definition) is 2. The molecule has 3 heteroatoms. The first-order chi connectivity index (χ1) is 8.02. The van der Waals surface area contributed by atoms with Crippen molar-refractivity contribution in [2.45, 2.75) is 39.8 Å². The highest BCUT2D eigenvalue weighted by Gasteiger charge is 2.13. The average Bonchev–Trinajstić information content (AvgIpc) is 2.25. The van der Waals surface area contributed by atoms with Gasteiger partial charge in [-0.2, -0.15) is 0 Å². The molecule has 17 heavy (non-hydrogen) atoms. The number of para-hydroxylation sites is 1. The molecular formula is C14H22ClNO. The van der Waals surface area contributed by atoms with E-state index in [1.54, 1.807) is 0 Å². The highest BCUT2D eigenvalue weighted by Crippen LogP contribution is 2.23. The molecule has 0 saturated heterocycles. The Morgan fingerprint density at radius 1 is 1.12 bits per heavy atom. The zero-order valence-electron chi connectivity index (χ0n) is 11.1. The minimum atomic E-state index is 0.532. The zero-order valence-corrected chi connectivity index (χ0v) is 11.9. The van der Waals surface area contributed by atoms with E-state index >= 15 is 0 Å². The van der Waals surface area contributed by atoms with Gasteiger partial charge in [-0.3, -0.25) is 4.90 Å². The van der Waals surface area contributed by atoms with Crippen LogP contribution in [-0.2, 0) is 0 Å². The van der Waals surface area contributed by atoms with E-state index in [1.165, 1.54) is 0 Å². The maximum atomic E-state index is 6.03. The zero-order chi connectivity index (χ0) is 12.8. The molecule has 1 aromatic rings. The van der Waals surface area contributed by atoms with E-state index < -0.39 is 0 Å². The average molecular weight is 256 g/mol. The Labute approximate surface area is 110 Å². The Balaban J connectivity index is 2.44. The van der Waals surface area contributed by atoms with Crippen molar-refractivity contribution in [2.24, 2.45) is 0 Å². The van der Waals surface area contributed by atoms with Crippen LogP contribution in [-0.4, -0.2) is 30.1 Å². The molecule has 0 aliphatic rings. The van der Waals surface area contributed by atoms with Crippen molar-refractivity contribution in [3.8, 4) is 5.75 Å². The molecule has 0 saturated carbocycles. The van der Waals surface area contributed by atoms with E-state index in [0.29, 0.717) is 23.7 Å². The summed E-state index contributed by atoms with van der Waals surface area (Å²) in [5.74, 6) is 0.765. The van der Waals surface area contributed by atoms with Gasteiger partial charge in [-0.25, -0.2) is 0 Å². The van der Waals surface area contributed by atoms with Gasteiger partial charge < -0.3 is 4.74 Å².